The Labute approximate surface area is 117 Å². The Morgan fingerprint density at radius 2 is 1.95 bits per heavy atom. The van der Waals surface area contributed by atoms with Crippen molar-refractivity contribution in [3.05, 3.63) is 0 Å². The number of ether oxygens (including phenoxy) is 1. The molecular weight excluding hydrogens is 242 g/mol. The topological polar surface area (TPSA) is 49.8 Å². The Morgan fingerprint density at radius 1 is 1.37 bits per heavy atom. The number of hydrogen-bond acceptors (Lipinski definition) is 4. The van der Waals surface area contributed by atoms with Crippen molar-refractivity contribution in [1.82, 2.24) is 4.90 Å². The van der Waals surface area contributed by atoms with E-state index in [4.69, 9.17) is 4.74 Å². The van der Waals surface area contributed by atoms with Crippen molar-refractivity contribution in [3.8, 4) is 0 Å². The number of carbonyl (C=O) groups excluding carboxylic acids is 1. The lowest BCUT2D eigenvalue weighted by Gasteiger charge is -2.35. The Bertz CT molecular complexity index is 318. The minimum absolute atomic E-state index is 0.160. The zero-order valence-corrected chi connectivity index (χ0v) is 13.2. The van der Waals surface area contributed by atoms with Gasteiger partial charge >= 0.3 is 5.97 Å². The molecule has 0 aromatic heterocycles. The van der Waals surface area contributed by atoms with Crippen LogP contribution in [0.4, 0.5) is 0 Å². The molecule has 1 fully saturated rings. The van der Waals surface area contributed by atoms with E-state index < -0.39 is 11.2 Å². The van der Waals surface area contributed by atoms with Crippen molar-refractivity contribution >= 4 is 5.97 Å². The average Bonchev–Trinajstić information content (AvgIpc) is 2.61. The zero-order valence-electron chi connectivity index (χ0n) is 13.2. The summed E-state index contributed by atoms with van der Waals surface area (Å²) in [4.78, 5) is 14.2. The Hall–Kier alpha value is -0.610. The highest BCUT2D eigenvalue weighted by atomic mass is 16.6. The van der Waals surface area contributed by atoms with Gasteiger partial charge in [0.15, 0.2) is 0 Å². The van der Waals surface area contributed by atoms with Crippen molar-refractivity contribution < 1.29 is 14.6 Å². The normalized spacial score (nSPS) is 24.5. The Balaban J connectivity index is 2.67. The molecule has 2 atom stereocenters. The van der Waals surface area contributed by atoms with Gasteiger partial charge in [0.2, 0.25) is 0 Å². The molecule has 19 heavy (non-hydrogen) atoms. The molecule has 4 nitrogen and oxygen atoms in total. The lowest BCUT2D eigenvalue weighted by atomic mass is 9.92. The fourth-order valence-corrected chi connectivity index (χ4v) is 2.25. The van der Waals surface area contributed by atoms with Crippen LogP contribution in [0.1, 0.15) is 54.4 Å². The summed E-state index contributed by atoms with van der Waals surface area (Å²) in [5.74, 6) is -0.00283. The smallest absolute Gasteiger partial charge is 0.323 e. The van der Waals surface area contributed by atoms with Crippen molar-refractivity contribution in [2.24, 2.45) is 5.92 Å². The van der Waals surface area contributed by atoms with Gasteiger partial charge in [0, 0.05) is 6.54 Å². The van der Waals surface area contributed by atoms with E-state index in [9.17, 15) is 9.90 Å². The molecule has 112 valence electrons. The van der Waals surface area contributed by atoms with E-state index in [1.807, 2.05) is 41.5 Å². The van der Waals surface area contributed by atoms with Crippen LogP contribution in [0.15, 0.2) is 0 Å². The molecule has 0 spiro atoms. The number of likely N-dealkylation sites (tertiary alicyclic amines) is 1. The predicted octanol–water partition coefficient (Wildman–Crippen LogP) is 2.20. The van der Waals surface area contributed by atoms with E-state index in [-0.39, 0.29) is 17.9 Å². The molecule has 1 heterocycles. The number of hydrogen-bond donors (Lipinski definition) is 1. The third kappa shape index (κ3) is 4.77. The van der Waals surface area contributed by atoms with E-state index in [1.54, 1.807) is 0 Å². The Morgan fingerprint density at radius 3 is 2.42 bits per heavy atom. The fourth-order valence-electron chi connectivity index (χ4n) is 2.25. The number of aliphatic hydroxyl groups is 1. The van der Waals surface area contributed by atoms with Crippen molar-refractivity contribution in [3.63, 3.8) is 0 Å². The molecule has 1 unspecified atom stereocenters. The quantitative estimate of drug-likeness (QED) is 0.796. The standard InChI is InChI=1S/C15H29NO3/c1-11(2)15(6,18)10-16-9-7-8-12(16)13(17)19-14(3,4)5/h11-12,18H,7-10H2,1-6H3/t12-,15?/m0/s1. The van der Waals surface area contributed by atoms with E-state index in [0.29, 0.717) is 6.54 Å². The number of rotatable bonds is 4. The van der Waals surface area contributed by atoms with Gasteiger partial charge in [-0.1, -0.05) is 13.8 Å². The molecule has 1 aliphatic heterocycles. The maximum absolute atomic E-state index is 12.2. The molecule has 1 rings (SSSR count). The average molecular weight is 271 g/mol. The highest BCUT2D eigenvalue weighted by Gasteiger charge is 2.38. The molecule has 0 saturated carbocycles. The summed E-state index contributed by atoms with van der Waals surface area (Å²) in [6.07, 6.45) is 1.81. The van der Waals surface area contributed by atoms with Gasteiger partial charge in [-0.25, -0.2) is 0 Å². The molecule has 0 bridgehead atoms. The summed E-state index contributed by atoms with van der Waals surface area (Å²) >= 11 is 0. The summed E-state index contributed by atoms with van der Waals surface area (Å²) in [6.45, 7) is 12.9. The molecule has 4 heteroatoms. The highest BCUT2D eigenvalue weighted by molar-refractivity contribution is 5.76. The van der Waals surface area contributed by atoms with Crippen LogP contribution in [0, 0.1) is 5.92 Å². The van der Waals surface area contributed by atoms with Crippen LogP contribution < -0.4 is 0 Å². The summed E-state index contributed by atoms with van der Waals surface area (Å²) in [7, 11) is 0. The van der Waals surface area contributed by atoms with Crippen LogP contribution in [-0.2, 0) is 9.53 Å². The van der Waals surface area contributed by atoms with Crippen molar-refractivity contribution in [2.45, 2.75) is 71.6 Å². The molecule has 0 aliphatic carbocycles. The minimum atomic E-state index is -0.773. The summed E-state index contributed by atoms with van der Waals surface area (Å²) in [5, 5.41) is 10.4. The van der Waals surface area contributed by atoms with Gasteiger partial charge < -0.3 is 9.84 Å². The first-order chi connectivity index (χ1) is 8.53. The highest BCUT2D eigenvalue weighted by Crippen LogP contribution is 2.25. The predicted molar refractivity (Wildman–Crippen MR) is 75.9 cm³/mol. The van der Waals surface area contributed by atoms with Gasteiger partial charge in [-0.05, 0) is 53.0 Å². The second-order valence-electron chi connectivity index (χ2n) is 7.17. The van der Waals surface area contributed by atoms with Crippen LogP contribution in [0.5, 0.6) is 0 Å². The first-order valence-electron chi connectivity index (χ1n) is 7.22. The van der Waals surface area contributed by atoms with Gasteiger partial charge in [0.25, 0.3) is 0 Å². The molecule has 0 radical (unpaired) electrons. The molecule has 0 amide bonds. The third-order valence-corrected chi connectivity index (χ3v) is 3.81. The van der Waals surface area contributed by atoms with Crippen molar-refractivity contribution in [1.29, 1.82) is 0 Å². The van der Waals surface area contributed by atoms with E-state index in [0.717, 1.165) is 19.4 Å². The van der Waals surface area contributed by atoms with Crippen LogP contribution in [0.2, 0.25) is 0 Å². The summed E-state index contributed by atoms with van der Waals surface area (Å²) in [6, 6.07) is -0.204. The number of carbonyl (C=O) groups is 1. The number of nitrogens with zero attached hydrogens (tertiary/aromatic N) is 1. The van der Waals surface area contributed by atoms with E-state index in [2.05, 4.69) is 4.90 Å². The molecule has 1 N–H and O–H groups in total. The number of esters is 1. The van der Waals surface area contributed by atoms with E-state index in [1.165, 1.54) is 0 Å². The van der Waals surface area contributed by atoms with Gasteiger partial charge in [-0.15, -0.1) is 0 Å². The van der Waals surface area contributed by atoms with Crippen LogP contribution in [0.25, 0.3) is 0 Å². The van der Waals surface area contributed by atoms with Gasteiger partial charge in [-0.2, -0.15) is 0 Å². The monoisotopic (exact) mass is 271 g/mol. The van der Waals surface area contributed by atoms with Gasteiger partial charge in [0.05, 0.1) is 5.60 Å². The minimum Gasteiger partial charge on any atom is -0.459 e. The summed E-state index contributed by atoms with van der Waals surface area (Å²) in [5.41, 5.74) is -1.23. The second-order valence-corrected chi connectivity index (χ2v) is 7.17. The molecule has 1 aliphatic rings. The van der Waals surface area contributed by atoms with Crippen LogP contribution >= 0.6 is 0 Å². The first-order valence-corrected chi connectivity index (χ1v) is 7.22. The molecule has 0 aromatic rings. The molecule has 1 saturated heterocycles. The Kier molecular flexibility index (Phi) is 5.02. The SMILES string of the molecule is CC(C)C(C)(O)CN1CCC[C@H]1C(=O)OC(C)(C)C. The van der Waals surface area contributed by atoms with Gasteiger partial charge in [0.1, 0.15) is 11.6 Å². The maximum Gasteiger partial charge on any atom is 0.323 e. The summed E-state index contributed by atoms with van der Waals surface area (Å²) < 4.78 is 5.46. The lowest BCUT2D eigenvalue weighted by molar-refractivity contribution is -0.161. The molecular formula is C15H29NO3. The maximum atomic E-state index is 12.2. The van der Waals surface area contributed by atoms with Crippen molar-refractivity contribution in [2.75, 3.05) is 13.1 Å². The lowest BCUT2D eigenvalue weighted by Crippen LogP contribution is -2.49. The molecule has 0 aromatic carbocycles. The largest absolute Gasteiger partial charge is 0.459 e. The number of β-amino-alcohol motifs (C(OH)–C–C–N with tert-alkyl or cyclic N) is 1. The van der Waals surface area contributed by atoms with Gasteiger partial charge in [-0.3, -0.25) is 9.69 Å². The van der Waals surface area contributed by atoms with Crippen LogP contribution in [0.3, 0.4) is 0 Å². The van der Waals surface area contributed by atoms with E-state index >= 15 is 0 Å². The second kappa shape index (κ2) is 5.80. The first kappa shape index (κ1) is 16.4. The zero-order chi connectivity index (χ0) is 14.8. The van der Waals surface area contributed by atoms with Crippen LogP contribution in [-0.4, -0.2) is 46.3 Å². The third-order valence-electron chi connectivity index (χ3n) is 3.81. The fraction of sp³-hybridized carbons (Fsp3) is 0.933.